The van der Waals surface area contributed by atoms with Crippen LogP contribution in [0.15, 0.2) is 24.3 Å². The Morgan fingerprint density at radius 1 is 1.33 bits per heavy atom. The molecule has 2 heterocycles. The van der Waals surface area contributed by atoms with Crippen LogP contribution in [0, 0.1) is 5.92 Å². The molecule has 3 rings (SSSR count). The maximum Gasteiger partial charge on any atom is 0.250 e. The summed E-state index contributed by atoms with van der Waals surface area (Å²) < 4.78 is 0. The molecule has 0 spiro atoms. The zero-order valence-corrected chi connectivity index (χ0v) is 10.4. The number of anilines is 1. The summed E-state index contributed by atoms with van der Waals surface area (Å²) in [6.07, 6.45) is 2.54. The highest BCUT2D eigenvalue weighted by Crippen LogP contribution is 2.30. The maximum absolute atomic E-state index is 11.5. The van der Waals surface area contributed by atoms with Crippen molar-refractivity contribution in [2.75, 3.05) is 24.5 Å². The fourth-order valence-corrected chi connectivity index (χ4v) is 3.20. The number of nitrogens with two attached hydrogens (primary N) is 1. The number of nitrogens with one attached hydrogen (secondary N) is 1. The average Bonchev–Trinajstić information content (AvgIpc) is 2.82. The first-order chi connectivity index (χ1) is 8.75. The second kappa shape index (κ2) is 4.61. The molecule has 2 atom stereocenters. The van der Waals surface area contributed by atoms with Gasteiger partial charge in [0, 0.05) is 24.8 Å². The largest absolute Gasteiger partial charge is 0.369 e. The number of carbonyl (C=O) groups excluding carboxylic acids is 1. The van der Waals surface area contributed by atoms with E-state index in [4.69, 9.17) is 5.73 Å². The molecular formula is C14H19N3O. The van der Waals surface area contributed by atoms with Crippen LogP contribution >= 0.6 is 0 Å². The van der Waals surface area contributed by atoms with E-state index in [0.717, 1.165) is 25.3 Å². The second-order valence-corrected chi connectivity index (χ2v) is 5.25. The molecule has 1 aromatic carbocycles. The third-order valence-corrected chi connectivity index (χ3v) is 4.11. The Balaban J connectivity index is 1.85. The van der Waals surface area contributed by atoms with Gasteiger partial charge in [-0.2, -0.15) is 0 Å². The van der Waals surface area contributed by atoms with Crippen molar-refractivity contribution in [3.05, 3.63) is 29.8 Å². The lowest BCUT2D eigenvalue weighted by molar-refractivity contribution is 0.100. The van der Waals surface area contributed by atoms with E-state index >= 15 is 0 Å². The minimum atomic E-state index is -0.339. The predicted molar refractivity (Wildman–Crippen MR) is 71.7 cm³/mol. The minimum Gasteiger partial charge on any atom is -0.369 e. The third kappa shape index (κ3) is 1.97. The summed E-state index contributed by atoms with van der Waals surface area (Å²) in [5.41, 5.74) is 7.07. The van der Waals surface area contributed by atoms with Crippen LogP contribution in [0.2, 0.25) is 0 Å². The molecule has 0 saturated carbocycles. The smallest absolute Gasteiger partial charge is 0.250 e. The SMILES string of the molecule is NC(=O)c1ccccc1N1C[C@@H]2CCCN[C@@H]2C1. The van der Waals surface area contributed by atoms with Gasteiger partial charge < -0.3 is 16.0 Å². The molecule has 96 valence electrons. The van der Waals surface area contributed by atoms with Gasteiger partial charge in [0.25, 0.3) is 5.91 Å². The molecule has 0 unspecified atom stereocenters. The molecule has 2 saturated heterocycles. The van der Waals surface area contributed by atoms with Crippen LogP contribution in [0.4, 0.5) is 5.69 Å². The van der Waals surface area contributed by atoms with Crippen LogP contribution < -0.4 is 16.0 Å². The Hall–Kier alpha value is -1.55. The summed E-state index contributed by atoms with van der Waals surface area (Å²) in [7, 11) is 0. The normalized spacial score (nSPS) is 27.0. The van der Waals surface area contributed by atoms with E-state index in [1.807, 2.05) is 24.3 Å². The van der Waals surface area contributed by atoms with Crippen LogP contribution in [0.25, 0.3) is 0 Å². The summed E-state index contributed by atoms with van der Waals surface area (Å²) in [6.45, 7) is 3.13. The molecule has 2 fully saturated rings. The molecule has 4 nitrogen and oxygen atoms in total. The highest BCUT2D eigenvalue weighted by molar-refractivity contribution is 5.98. The van der Waals surface area contributed by atoms with Crippen molar-refractivity contribution in [2.45, 2.75) is 18.9 Å². The molecule has 3 N–H and O–H groups in total. The number of hydrogen-bond donors (Lipinski definition) is 2. The van der Waals surface area contributed by atoms with E-state index < -0.39 is 0 Å². The van der Waals surface area contributed by atoms with Gasteiger partial charge in [-0.05, 0) is 37.4 Å². The summed E-state index contributed by atoms with van der Waals surface area (Å²) >= 11 is 0. The van der Waals surface area contributed by atoms with Crippen molar-refractivity contribution in [3.63, 3.8) is 0 Å². The summed E-state index contributed by atoms with van der Waals surface area (Å²) in [5, 5.41) is 3.57. The number of fused-ring (bicyclic) bond motifs is 1. The Morgan fingerprint density at radius 3 is 2.94 bits per heavy atom. The quantitative estimate of drug-likeness (QED) is 0.816. The number of para-hydroxylation sites is 1. The van der Waals surface area contributed by atoms with Gasteiger partial charge in [0.05, 0.1) is 5.56 Å². The van der Waals surface area contributed by atoms with Crippen molar-refractivity contribution in [2.24, 2.45) is 11.7 Å². The number of hydrogen-bond acceptors (Lipinski definition) is 3. The van der Waals surface area contributed by atoms with Crippen molar-refractivity contribution in [1.82, 2.24) is 5.32 Å². The highest BCUT2D eigenvalue weighted by Gasteiger charge is 2.35. The van der Waals surface area contributed by atoms with Gasteiger partial charge in [-0.1, -0.05) is 12.1 Å². The number of nitrogens with zero attached hydrogens (tertiary/aromatic N) is 1. The number of carbonyl (C=O) groups is 1. The summed E-state index contributed by atoms with van der Waals surface area (Å²) in [6, 6.07) is 8.21. The lowest BCUT2D eigenvalue weighted by Crippen LogP contribution is -2.40. The zero-order chi connectivity index (χ0) is 12.5. The van der Waals surface area contributed by atoms with Gasteiger partial charge in [-0.3, -0.25) is 4.79 Å². The third-order valence-electron chi connectivity index (χ3n) is 4.11. The van der Waals surface area contributed by atoms with E-state index in [1.165, 1.54) is 12.8 Å². The van der Waals surface area contributed by atoms with Crippen LogP contribution in [-0.4, -0.2) is 31.6 Å². The molecule has 1 amide bonds. The Bertz CT molecular complexity index is 446. The number of primary amides is 1. The Labute approximate surface area is 107 Å². The fourth-order valence-electron chi connectivity index (χ4n) is 3.20. The van der Waals surface area contributed by atoms with E-state index in [2.05, 4.69) is 10.2 Å². The van der Waals surface area contributed by atoms with Crippen molar-refractivity contribution in [3.8, 4) is 0 Å². The number of amides is 1. The molecule has 2 aliphatic heterocycles. The molecule has 18 heavy (non-hydrogen) atoms. The molecular weight excluding hydrogens is 226 g/mol. The second-order valence-electron chi connectivity index (χ2n) is 5.25. The molecule has 0 aromatic heterocycles. The van der Waals surface area contributed by atoms with Gasteiger partial charge in [0.1, 0.15) is 0 Å². The van der Waals surface area contributed by atoms with Crippen LogP contribution in [0.5, 0.6) is 0 Å². The summed E-state index contributed by atoms with van der Waals surface area (Å²) in [5.74, 6) is 0.369. The minimum absolute atomic E-state index is 0.339. The fraction of sp³-hybridized carbons (Fsp3) is 0.500. The van der Waals surface area contributed by atoms with Crippen molar-refractivity contribution in [1.29, 1.82) is 0 Å². The Kier molecular flexibility index (Phi) is 2.96. The van der Waals surface area contributed by atoms with E-state index in [0.29, 0.717) is 17.5 Å². The van der Waals surface area contributed by atoms with E-state index in [-0.39, 0.29) is 5.91 Å². The number of benzene rings is 1. The Morgan fingerprint density at radius 2 is 2.17 bits per heavy atom. The predicted octanol–water partition coefficient (Wildman–Crippen LogP) is 0.974. The molecule has 0 radical (unpaired) electrons. The highest BCUT2D eigenvalue weighted by atomic mass is 16.1. The zero-order valence-electron chi connectivity index (χ0n) is 10.4. The lowest BCUT2D eigenvalue weighted by atomic mass is 9.94. The number of rotatable bonds is 2. The topological polar surface area (TPSA) is 58.4 Å². The van der Waals surface area contributed by atoms with Crippen molar-refractivity contribution >= 4 is 11.6 Å². The average molecular weight is 245 g/mol. The molecule has 0 aliphatic carbocycles. The molecule has 0 bridgehead atoms. The van der Waals surface area contributed by atoms with Crippen LogP contribution in [0.1, 0.15) is 23.2 Å². The maximum atomic E-state index is 11.5. The van der Waals surface area contributed by atoms with E-state index in [9.17, 15) is 4.79 Å². The molecule has 4 heteroatoms. The molecule has 1 aromatic rings. The van der Waals surface area contributed by atoms with Gasteiger partial charge in [-0.15, -0.1) is 0 Å². The number of piperidine rings is 1. The van der Waals surface area contributed by atoms with Gasteiger partial charge in [0.15, 0.2) is 0 Å². The first-order valence-electron chi connectivity index (χ1n) is 6.63. The first kappa shape index (κ1) is 11.5. The van der Waals surface area contributed by atoms with Gasteiger partial charge in [-0.25, -0.2) is 0 Å². The van der Waals surface area contributed by atoms with Crippen molar-refractivity contribution < 1.29 is 4.79 Å². The molecule has 2 aliphatic rings. The van der Waals surface area contributed by atoms with Gasteiger partial charge >= 0.3 is 0 Å². The monoisotopic (exact) mass is 245 g/mol. The van der Waals surface area contributed by atoms with E-state index in [1.54, 1.807) is 0 Å². The summed E-state index contributed by atoms with van der Waals surface area (Å²) in [4.78, 5) is 13.8. The standard InChI is InChI=1S/C14H19N3O/c15-14(18)11-5-1-2-6-13(11)17-8-10-4-3-7-16-12(10)9-17/h1-2,5-6,10,12,16H,3-4,7-9H2,(H2,15,18)/t10-,12+/m0/s1. The first-order valence-corrected chi connectivity index (χ1v) is 6.63. The van der Waals surface area contributed by atoms with Gasteiger partial charge in [0.2, 0.25) is 0 Å². The van der Waals surface area contributed by atoms with Crippen LogP contribution in [0.3, 0.4) is 0 Å². The van der Waals surface area contributed by atoms with Crippen LogP contribution in [-0.2, 0) is 0 Å². The lowest BCUT2D eigenvalue weighted by Gasteiger charge is -2.24.